The van der Waals surface area contributed by atoms with Gasteiger partial charge in [-0.2, -0.15) is 0 Å². The number of hydrogen-bond donors (Lipinski definition) is 1. The number of rotatable bonds is 9. The van der Waals surface area contributed by atoms with Gasteiger partial charge in [0.15, 0.2) is 0 Å². The minimum Gasteiger partial charge on any atom is -0.468 e. The summed E-state index contributed by atoms with van der Waals surface area (Å²) in [6.07, 6.45) is 2.28. The molecule has 162 valence electrons. The van der Waals surface area contributed by atoms with Gasteiger partial charge < -0.3 is 14.2 Å². The fourth-order valence-corrected chi connectivity index (χ4v) is 3.93. The lowest BCUT2D eigenvalue weighted by atomic mass is 9.80. The Labute approximate surface area is 170 Å². The molecule has 1 aromatic heterocycles. The van der Waals surface area contributed by atoms with Crippen molar-refractivity contribution in [1.82, 2.24) is 9.97 Å². The summed E-state index contributed by atoms with van der Waals surface area (Å²) in [6.45, 7) is 5.02. The molecule has 2 rings (SSSR count). The van der Waals surface area contributed by atoms with Gasteiger partial charge in [-0.05, 0) is 39.7 Å². The second kappa shape index (κ2) is 8.62. The lowest BCUT2D eigenvalue weighted by Crippen LogP contribution is -2.49. The summed E-state index contributed by atoms with van der Waals surface area (Å²) in [5.41, 5.74) is -2.87. The Morgan fingerprint density at radius 2 is 1.86 bits per heavy atom. The molecule has 1 aliphatic rings. The number of ether oxygens (including phenoxy) is 3. The van der Waals surface area contributed by atoms with Crippen molar-refractivity contribution < 1.29 is 32.2 Å². The fourth-order valence-electron chi connectivity index (χ4n) is 2.65. The molecule has 0 bridgehead atoms. The molecule has 29 heavy (non-hydrogen) atoms. The zero-order chi connectivity index (χ0) is 21.9. The van der Waals surface area contributed by atoms with Crippen molar-refractivity contribution in [3.8, 4) is 0 Å². The fraction of sp³-hybridized carbons (Fsp3) is 0.667. The maximum atomic E-state index is 13.1. The molecule has 1 fully saturated rings. The number of nitrogens with one attached hydrogen (secondary N) is 1. The van der Waals surface area contributed by atoms with E-state index in [-0.39, 0.29) is 24.7 Å². The largest absolute Gasteiger partial charge is 0.468 e. The number of nitrogens with zero attached hydrogens (tertiary/aromatic N) is 2. The molecule has 1 saturated carbocycles. The SMILES string of the molecule is COCCC(C(=O)OC)(C(=O)OC(C)(C)C)c1ccnc(NS(=O)(=O)C2CC2)n1. The topological polar surface area (TPSA) is 134 Å². The molecule has 0 amide bonds. The van der Waals surface area contributed by atoms with Gasteiger partial charge in [-0.25, -0.2) is 18.4 Å². The van der Waals surface area contributed by atoms with E-state index in [2.05, 4.69) is 14.7 Å². The quantitative estimate of drug-likeness (QED) is 0.453. The standard InChI is InChI=1S/C18H27N3O7S/c1-17(2,3)28-15(23)18(9-11-26-4,14(22)27-5)13-8-10-19-16(20-13)21-29(24,25)12-6-7-12/h8,10,12H,6-7,9,11H2,1-5H3,(H,19,20,21). The first-order valence-corrected chi connectivity index (χ1v) is 10.7. The number of carbonyl (C=O) groups excluding carboxylic acids is 2. The molecule has 0 aromatic carbocycles. The first-order valence-electron chi connectivity index (χ1n) is 9.12. The van der Waals surface area contributed by atoms with Crippen molar-refractivity contribution in [1.29, 1.82) is 0 Å². The number of sulfonamides is 1. The number of methoxy groups -OCH3 is 2. The van der Waals surface area contributed by atoms with Crippen molar-refractivity contribution >= 4 is 27.9 Å². The van der Waals surface area contributed by atoms with Crippen LogP contribution in [0.15, 0.2) is 12.3 Å². The van der Waals surface area contributed by atoms with E-state index in [1.165, 1.54) is 19.4 Å². The van der Waals surface area contributed by atoms with Crippen LogP contribution < -0.4 is 4.72 Å². The highest BCUT2D eigenvalue weighted by molar-refractivity contribution is 7.93. The predicted octanol–water partition coefficient (Wildman–Crippen LogP) is 1.17. The van der Waals surface area contributed by atoms with Crippen LogP contribution in [-0.2, 0) is 39.2 Å². The van der Waals surface area contributed by atoms with Gasteiger partial charge in [0.25, 0.3) is 0 Å². The zero-order valence-corrected chi connectivity index (χ0v) is 18.0. The lowest BCUT2D eigenvalue weighted by molar-refractivity contribution is -0.172. The Balaban J connectivity index is 2.53. The van der Waals surface area contributed by atoms with Gasteiger partial charge in [0, 0.05) is 26.3 Å². The molecular weight excluding hydrogens is 402 g/mol. The van der Waals surface area contributed by atoms with Crippen molar-refractivity contribution in [2.75, 3.05) is 25.5 Å². The molecular formula is C18H27N3O7S. The third-order valence-corrected chi connectivity index (χ3v) is 6.07. The monoisotopic (exact) mass is 429 g/mol. The molecule has 0 saturated heterocycles. The minimum atomic E-state index is -3.63. The number of aromatic nitrogens is 2. The molecule has 10 nitrogen and oxygen atoms in total. The average molecular weight is 429 g/mol. The highest BCUT2D eigenvalue weighted by Gasteiger charge is 2.53. The normalized spacial score (nSPS) is 16.6. The third-order valence-electron chi connectivity index (χ3n) is 4.25. The van der Waals surface area contributed by atoms with Crippen molar-refractivity contribution in [2.24, 2.45) is 0 Å². The van der Waals surface area contributed by atoms with E-state index >= 15 is 0 Å². The van der Waals surface area contributed by atoms with Gasteiger partial charge in [-0.15, -0.1) is 0 Å². The van der Waals surface area contributed by atoms with E-state index < -0.39 is 38.2 Å². The summed E-state index contributed by atoms with van der Waals surface area (Å²) in [6, 6.07) is 1.35. The summed E-state index contributed by atoms with van der Waals surface area (Å²) < 4.78 is 42.2. The minimum absolute atomic E-state index is 0.0292. The smallest absolute Gasteiger partial charge is 0.330 e. The zero-order valence-electron chi connectivity index (χ0n) is 17.2. The molecule has 0 aliphatic heterocycles. The predicted molar refractivity (Wildman–Crippen MR) is 104 cm³/mol. The number of carbonyl (C=O) groups is 2. The van der Waals surface area contributed by atoms with Crippen LogP contribution in [-0.4, -0.2) is 62.0 Å². The lowest BCUT2D eigenvalue weighted by Gasteiger charge is -2.31. The van der Waals surface area contributed by atoms with Gasteiger partial charge in [0.05, 0.1) is 18.1 Å². The second-order valence-corrected chi connectivity index (χ2v) is 9.71. The summed E-state index contributed by atoms with van der Waals surface area (Å²) in [5.74, 6) is -1.99. The Morgan fingerprint density at radius 1 is 1.21 bits per heavy atom. The van der Waals surface area contributed by atoms with Gasteiger partial charge >= 0.3 is 11.9 Å². The Kier molecular flexibility index (Phi) is 6.84. The van der Waals surface area contributed by atoms with E-state index in [1.54, 1.807) is 20.8 Å². The van der Waals surface area contributed by atoms with Crippen LogP contribution in [0, 0.1) is 0 Å². The summed E-state index contributed by atoms with van der Waals surface area (Å²) in [5, 5.41) is -0.487. The van der Waals surface area contributed by atoms with E-state index in [0.29, 0.717) is 12.8 Å². The van der Waals surface area contributed by atoms with Crippen LogP contribution in [0.25, 0.3) is 0 Å². The van der Waals surface area contributed by atoms with E-state index in [1.807, 2.05) is 0 Å². The van der Waals surface area contributed by atoms with Crippen LogP contribution in [0.1, 0.15) is 45.7 Å². The molecule has 1 atom stereocenters. The summed E-state index contributed by atoms with van der Waals surface area (Å²) >= 11 is 0. The number of anilines is 1. The maximum absolute atomic E-state index is 13.1. The summed E-state index contributed by atoms with van der Waals surface area (Å²) in [4.78, 5) is 34.0. The van der Waals surface area contributed by atoms with Crippen LogP contribution in [0.2, 0.25) is 0 Å². The Morgan fingerprint density at radius 3 is 2.38 bits per heavy atom. The van der Waals surface area contributed by atoms with Gasteiger partial charge in [-0.3, -0.25) is 14.3 Å². The number of esters is 2. The highest BCUT2D eigenvalue weighted by atomic mass is 32.2. The third kappa shape index (κ3) is 5.41. The second-order valence-electron chi connectivity index (χ2n) is 7.75. The molecule has 1 unspecified atom stereocenters. The van der Waals surface area contributed by atoms with E-state index in [9.17, 15) is 18.0 Å². The molecule has 1 aliphatic carbocycles. The van der Waals surface area contributed by atoms with Crippen molar-refractivity contribution in [3.63, 3.8) is 0 Å². The van der Waals surface area contributed by atoms with Gasteiger partial charge in [-0.1, -0.05) is 0 Å². The van der Waals surface area contributed by atoms with Crippen molar-refractivity contribution in [3.05, 3.63) is 18.0 Å². The highest BCUT2D eigenvalue weighted by Crippen LogP contribution is 2.33. The molecule has 1 N–H and O–H groups in total. The molecule has 11 heteroatoms. The van der Waals surface area contributed by atoms with E-state index in [4.69, 9.17) is 14.2 Å². The first kappa shape index (κ1) is 23.0. The summed E-state index contributed by atoms with van der Waals surface area (Å²) in [7, 11) is -1.06. The average Bonchev–Trinajstić information content (AvgIpc) is 3.46. The molecule has 1 heterocycles. The molecule has 1 aromatic rings. The van der Waals surface area contributed by atoms with Crippen LogP contribution in [0.4, 0.5) is 5.95 Å². The van der Waals surface area contributed by atoms with Crippen LogP contribution >= 0.6 is 0 Å². The number of hydrogen-bond acceptors (Lipinski definition) is 9. The van der Waals surface area contributed by atoms with Crippen molar-refractivity contribution in [2.45, 2.75) is 56.3 Å². The molecule has 0 radical (unpaired) electrons. The maximum Gasteiger partial charge on any atom is 0.330 e. The first-order chi connectivity index (χ1) is 13.5. The molecule has 0 spiro atoms. The Bertz CT molecular complexity index is 862. The van der Waals surface area contributed by atoms with Crippen LogP contribution in [0.3, 0.4) is 0 Å². The Hall–Kier alpha value is -2.27. The van der Waals surface area contributed by atoms with E-state index in [0.717, 1.165) is 7.11 Å². The van der Waals surface area contributed by atoms with Gasteiger partial charge in [0.2, 0.25) is 21.4 Å². The van der Waals surface area contributed by atoms with Gasteiger partial charge in [0.1, 0.15) is 5.60 Å². The van der Waals surface area contributed by atoms with Crippen LogP contribution in [0.5, 0.6) is 0 Å².